The fourth-order valence-electron chi connectivity index (χ4n) is 4.47. The summed E-state index contributed by atoms with van der Waals surface area (Å²) in [5.74, 6) is -1.93. The highest BCUT2D eigenvalue weighted by Gasteiger charge is 2.46. The van der Waals surface area contributed by atoms with Gasteiger partial charge in [-0.2, -0.15) is 0 Å². The molecule has 0 aromatic heterocycles. The van der Waals surface area contributed by atoms with Gasteiger partial charge in [0.25, 0.3) is 0 Å². The van der Waals surface area contributed by atoms with Crippen molar-refractivity contribution in [2.45, 2.75) is 55.3 Å². The van der Waals surface area contributed by atoms with E-state index in [2.05, 4.69) is 0 Å². The Hall–Kier alpha value is -3.38. The number of phenols is 1. The van der Waals surface area contributed by atoms with E-state index in [-0.39, 0.29) is 30.3 Å². The minimum Gasteiger partial charge on any atom is -0.507 e. The van der Waals surface area contributed by atoms with Gasteiger partial charge in [0.2, 0.25) is 24.6 Å². The van der Waals surface area contributed by atoms with Crippen molar-refractivity contribution in [3.63, 3.8) is 0 Å². The van der Waals surface area contributed by atoms with Crippen molar-refractivity contribution in [2.24, 2.45) is 0 Å². The Kier molecular flexibility index (Phi) is 8.42. The minimum atomic E-state index is -1.76. The fourth-order valence-corrected chi connectivity index (χ4v) is 4.47. The monoisotopic (exact) mass is 580 g/mol. The number of hydrogen-bond acceptors (Lipinski definition) is 15. The maximum atomic E-state index is 12.8. The van der Waals surface area contributed by atoms with Gasteiger partial charge in [0.05, 0.1) is 18.8 Å². The van der Waals surface area contributed by atoms with Crippen LogP contribution < -0.4 is 14.2 Å². The molecule has 2 aromatic carbocycles. The fraction of sp³-hybridized carbons (Fsp3) is 0.462. The lowest BCUT2D eigenvalue weighted by Gasteiger charge is -2.41. The van der Waals surface area contributed by atoms with E-state index >= 15 is 0 Å². The van der Waals surface area contributed by atoms with Crippen molar-refractivity contribution in [1.29, 1.82) is 0 Å². The van der Waals surface area contributed by atoms with Crippen molar-refractivity contribution in [2.75, 3.05) is 20.0 Å². The Morgan fingerprint density at radius 3 is 2.29 bits per heavy atom. The predicted molar refractivity (Wildman–Crippen MR) is 130 cm³/mol. The molecule has 3 heterocycles. The van der Waals surface area contributed by atoms with E-state index in [1.165, 1.54) is 24.3 Å². The lowest BCUT2D eigenvalue weighted by atomic mass is 9.99. The van der Waals surface area contributed by atoms with Crippen LogP contribution in [0.25, 0.3) is 0 Å². The van der Waals surface area contributed by atoms with Crippen LogP contribution in [0, 0.1) is 0 Å². The molecule has 222 valence electrons. The van der Waals surface area contributed by atoms with Crippen LogP contribution in [0.5, 0.6) is 23.0 Å². The number of ketones is 2. The molecule has 2 saturated heterocycles. The molecule has 0 aliphatic carbocycles. The zero-order valence-electron chi connectivity index (χ0n) is 21.2. The number of phenolic OH excluding ortho intramolecular Hbond substituents is 1. The van der Waals surface area contributed by atoms with Gasteiger partial charge < -0.3 is 64.2 Å². The third kappa shape index (κ3) is 5.85. The second-order valence-corrected chi connectivity index (χ2v) is 9.62. The van der Waals surface area contributed by atoms with E-state index in [0.29, 0.717) is 11.5 Å². The molecule has 0 saturated carbocycles. The van der Waals surface area contributed by atoms with Gasteiger partial charge in [-0.15, -0.1) is 0 Å². The van der Waals surface area contributed by atoms with Gasteiger partial charge in [0, 0.05) is 11.6 Å². The Labute approximate surface area is 231 Å². The Morgan fingerprint density at radius 1 is 0.805 bits per heavy atom. The number of rotatable bonds is 8. The van der Waals surface area contributed by atoms with Crippen molar-refractivity contribution in [1.82, 2.24) is 0 Å². The van der Waals surface area contributed by atoms with Gasteiger partial charge in [-0.25, -0.2) is 0 Å². The van der Waals surface area contributed by atoms with Crippen molar-refractivity contribution in [3.05, 3.63) is 47.5 Å². The lowest BCUT2D eigenvalue weighted by molar-refractivity contribution is -0.307. The number of Topliss-reactive ketones (excluding diaryl/α,β-unsaturated/α-hetero) is 2. The smallest absolute Gasteiger partial charge is 0.237 e. The van der Waals surface area contributed by atoms with Crippen LogP contribution in [0.4, 0.5) is 0 Å². The number of aliphatic hydroxyl groups is 6. The standard InChI is InChI=1S/C26H28O15/c27-13-6-11(2-3-12(13)19(30)18(29)10-1-4-15-16(5-10)39-9-38-15)40-26-24(35)22(33)21(32)17(41-26)8-37-25-23(34)20(31)14(28)7-36-25/h1-6,14,17,20-28,31-35H,7-9H2/t14-,17-,20+,21-,22+,23-,24-,25+,26-/m1/s1. The molecule has 0 radical (unpaired) electrons. The lowest BCUT2D eigenvalue weighted by Crippen LogP contribution is -2.61. The van der Waals surface area contributed by atoms with Crippen LogP contribution in [0.3, 0.4) is 0 Å². The normalized spacial score (nSPS) is 32.9. The predicted octanol–water partition coefficient (Wildman–Crippen LogP) is -2.17. The molecule has 3 aliphatic rings. The zero-order valence-corrected chi connectivity index (χ0v) is 21.2. The molecule has 7 N–H and O–H groups in total. The van der Waals surface area contributed by atoms with Gasteiger partial charge in [0.1, 0.15) is 54.2 Å². The summed E-state index contributed by atoms with van der Waals surface area (Å²) in [6, 6.07) is 7.56. The second kappa shape index (κ2) is 11.8. The summed E-state index contributed by atoms with van der Waals surface area (Å²) in [6.07, 6.45) is -13.9. The van der Waals surface area contributed by atoms with Crippen molar-refractivity contribution < 1.29 is 73.8 Å². The van der Waals surface area contributed by atoms with Crippen LogP contribution >= 0.6 is 0 Å². The second-order valence-electron chi connectivity index (χ2n) is 9.62. The van der Waals surface area contributed by atoms with Crippen LogP contribution in [0.15, 0.2) is 36.4 Å². The van der Waals surface area contributed by atoms with Gasteiger partial charge in [-0.05, 0) is 30.3 Å². The van der Waals surface area contributed by atoms with Crippen molar-refractivity contribution in [3.8, 4) is 23.0 Å². The Balaban J connectivity index is 1.23. The Morgan fingerprint density at radius 2 is 1.54 bits per heavy atom. The van der Waals surface area contributed by atoms with E-state index in [1.807, 2.05) is 0 Å². The van der Waals surface area contributed by atoms with Crippen LogP contribution in [0.1, 0.15) is 20.7 Å². The van der Waals surface area contributed by atoms with E-state index in [4.69, 9.17) is 28.4 Å². The highest BCUT2D eigenvalue weighted by atomic mass is 16.7. The summed E-state index contributed by atoms with van der Waals surface area (Å²) in [5.41, 5.74) is -0.305. The number of ether oxygens (including phenoxy) is 6. The van der Waals surface area contributed by atoms with Crippen LogP contribution in [0.2, 0.25) is 0 Å². The first-order chi connectivity index (χ1) is 19.5. The molecule has 2 fully saturated rings. The van der Waals surface area contributed by atoms with E-state index < -0.39 is 79.2 Å². The number of fused-ring (bicyclic) bond motifs is 1. The van der Waals surface area contributed by atoms with E-state index in [0.717, 1.165) is 12.1 Å². The SMILES string of the molecule is O=C(C(=O)c1ccc(O[C@@H]2O[C@H](CO[C@@H]3OC[C@@H](O)[C@H](O)[C@H]3O)[C@@H](O)[C@H](O)[C@H]2O)cc1O)c1ccc2c(c1)OCO2. The van der Waals surface area contributed by atoms with Crippen molar-refractivity contribution >= 4 is 11.6 Å². The maximum absolute atomic E-state index is 12.8. The molecule has 2 aromatic rings. The summed E-state index contributed by atoms with van der Waals surface area (Å²) < 4.78 is 31.9. The summed E-state index contributed by atoms with van der Waals surface area (Å²) in [5, 5.41) is 70.8. The summed E-state index contributed by atoms with van der Waals surface area (Å²) in [4.78, 5) is 25.5. The van der Waals surface area contributed by atoms with Gasteiger partial charge >= 0.3 is 0 Å². The number of carbonyl (C=O) groups is 2. The molecule has 9 atom stereocenters. The van der Waals surface area contributed by atoms with Crippen LogP contribution in [-0.4, -0.2) is 123 Å². The number of aromatic hydroxyl groups is 1. The third-order valence-corrected chi connectivity index (χ3v) is 6.85. The molecular formula is C26H28O15. The number of benzene rings is 2. The third-order valence-electron chi connectivity index (χ3n) is 6.85. The average Bonchev–Trinajstić information content (AvgIpc) is 3.44. The molecule has 0 spiro atoms. The number of aliphatic hydroxyl groups excluding tert-OH is 6. The number of carbonyl (C=O) groups excluding carboxylic acids is 2. The number of hydrogen-bond donors (Lipinski definition) is 7. The maximum Gasteiger partial charge on any atom is 0.237 e. The molecule has 15 heteroatoms. The summed E-state index contributed by atoms with van der Waals surface area (Å²) in [7, 11) is 0. The molecule has 15 nitrogen and oxygen atoms in total. The first kappa shape index (κ1) is 29.1. The average molecular weight is 580 g/mol. The molecule has 0 bridgehead atoms. The van der Waals surface area contributed by atoms with Crippen LogP contribution in [-0.2, 0) is 14.2 Å². The molecule has 0 unspecified atom stereocenters. The first-order valence-electron chi connectivity index (χ1n) is 12.5. The van der Waals surface area contributed by atoms with E-state index in [9.17, 15) is 45.3 Å². The van der Waals surface area contributed by atoms with Gasteiger partial charge in [-0.3, -0.25) is 9.59 Å². The quantitative estimate of drug-likeness (QED) is 0.130. The highest BCUT2D eigenvalue weighted by Crippen LogP contribution is 2.34. The molecule has 41 heavy (non-hydrogen) atoms. The van der Waals surface area contributed by atoms with Gasteiger partial charge in [0.15, 0.2) is 17.8 Å². The molecule has 0 amide bonds. The highest BCUT2D eigenvalue weighted by molar-refractivity contribution is 6.49. The summed E-state index contributed by atoms with van der Waals surface area (Å²) >= 11 is 0. The minimum absolute atomic E-state index is 0.0143. The largest absolute Gasteiger partial charge is 0.507 e. The van der Waals surface area contributed by atoms with Gasteiger partial charge in [-0.1, -0.05) is 0 Å². The topological polar surface area (TPSA) is 231 Å². The summed E-state index contributed by atoms with van der Waals surface area (Å²) in [6.45, 7) is -0.829. The molecular weight excluding hydrogens is 552 g/mol. The zero-order chi connectivity index (χ0) is 29.4. The molecule has 5 rings (SSSR count). The first-order valence-corrected chi connectivity index (χ1v) is 12.5. The van der Waals surface area contributed by atoms with E-state index in [1.54, 1.807) is 0 Å². The molecule has 3 aliphatic heterocycles. The Bertz CT molecular complexity index is 1280.